The summed E-state index contributed by atoms with van der Waals surface area (Å²) < 4.78 is 2.43. The van der Waals surface area contributed by atoms with E-state index in [9.17, 15) is 0 Å². The van der Waals surface area contributed by atoms with Crippen LogP contribution in [-0.2, 0) is 5.41 Å². The molecule has 0 amide bonds. The first-order valence-corrected chi connectivity index (χ1v) is 14.7. The molecule has 1 aromatic heterocycles. The molecule has 198 valence electrons. The monoisotopic (exact) mass is 529 g/mol. The van der Waals surface area contributed by atoms with Gasteiger partial charge in [-0.05, 0) is 72.2 Å². The van der Waals surface area contributed by atoms with Gasteiger partial charge in [0.2, 0.25) is 0 Å². The molecular weight excluding hydrogens is 497 g/mol. The molecule has 3 aliphatic heterocycles. The van der Waals surface area contributed by atoms with E-state index in [0.717, 1.165) is 0 Å². The second kappa shape index (κ2) is 7.44. The van der Waals surface area contributed by atoms with Gasteiger partial charge in [0.05, 0.1) is 11.0 Å². The van der Waals surface area contributed by atoms with Crippen LogP contribution in [0.4, 0.5) is 22.7 Å². The van der Waals surface area contributed by atoms with Crippen molar-refractivity contribution in [2.24, 2.45) is 0 Å². The Morgan fingerprint density at radius 2 is 1.27 bits per heavy atom. The topological polar surface area (TPSA) is 11.4 Å². The molecule has 3 aliphatic rings. The molecule has 6 aromatic rings. The lowest BCUT2D eigenvalue weighted by Gasteiger charge is -2.48. The number of rotatable bonds is 1. The molecule has 4 heterocycles. The van der Waals surface area contributed by atoms with Gasteiger partial charge in [0.1, 0.15) is 0 Å². The van der Waals surface area contributed by atoms with Crippen LogP contribution in [0.5, 0.6) is 0 Å². The van der Waals surface area contributed by atoms with Crippen LogP contribution in [0.1, 0.15) is 33.3 Å². The Balaban J connectivity index is 1.33. The van der Waals surface area contributed by atoms with Gasteiger partial charge < -0.3 is 14.4 Å². The van der Waals surface area contributed by atoms with Crippen molar-refractivity contribution in [3.63, 3.8) is 0 Å². The molecule has 0 aliphatic carbocycles. The maximum atomic E-state index is 2.65. The Hall–Kier alpha value is -4.44. The van der Waals surface area contributed by atoms with Crippen LogP contribution in [0.25, 0.3) is 27.5 Å². The second-order valence-electron chi connectivity index (χ2n) is 13.1. The van der Waals surface area contributed by atoms with Gasteiger partial charge in [-0.2, -0.15) is 0 Å². The first-order valence-electron chi connectivity index (χ1n) is 14.7. The first-order chi connectivity index (χ1) is 19.8. The van der Waals surface area contributed by atoms with Crippen molar-refractivity contribution in [1.29, 1.82) is 0 Å². The molecule has 0 saturated heterocycles. The van der Waals surface area contributed by atoms with E-state index in [1.807, 2.05) is 0 Å². The molecule has 0 radical (unpaired) electrons. The number of anilines is 4. The Morgan fingerprint density at radius 3 is 2.00 bits per heavy atom. The zero-order chi connectivity index (χ0) is 27.8. The Bertz CT molecular complexity index is 2050. The van der Waals surface area contributed by atoms with Gasteiger partial charge in [0.25, 0.3) is 6.71 Å². The van der Waals surface area contributed by atoms with E-state index in [0.29, 0.717) is 0 Å². The maximum Gasteiger partial charge on any atom is 0.252 e. The summed E-state index contributed by atoms with van der Waals surface area (Å²) in [7, 11) is 2.24. The van der Waals surface area contributed by atoms with Crippen molar-refractivity contribution in [2.45, 2.75) is 38.6 Å². The molecule has 0 atom stereocenters. The molecular formula is C37H32BN3. The molecule has 4 heteroatoms. The average Bonchev–Trinajstić information content (AvgIpc) is 3.40. The van der Waals surface area contributed by atoms with Gasteiger partial charge in [-0.3, -0.25) is 0 Å². The van der Waals surface area contributed by atoms with Gasteiger partial charge in [-0.15, -0.1) is 0 Å². The molecule has 0 spiro atoms. The van der Waals surface area contributed by atoms with Crippen molar-refractivity contribution in [1.82, 2.24) is 4.57 Å². The smallest absolute Gasteiger partial charge is 0.252 e. The zero-order valence-electron chi connectivity index (χ0n) is 24.2. The summed E-state index contributed by atoms with van der Waals surface area (Å²) in [6, 6.07) is 38.6. The number of hydrogen-bond acceptors (Lipinski definition) is 2. The third-order valence-corrected chi connectivity index (χ3v) is 10.8. The van der Waals surface area contributed by atoms with Crippen LogP contribution in [0.2, 0.25) is 0 Å². The average molecular weight is 529 g/mol. The molecule has 0 saturated carbocycles. The fourth-order valence-electron chi connectivity index (χ4n) is 8.20. The van der Waals surface area contributed by atoms with Crippen molar-refractivity contribution >= 4 is 67.7 Å². The van der Waals surface area contributed by atoms with Crippen LogP contribution < -0.4 is 26.2 Å². The lowest BCUT2D eigenvalue weighted by Crippen LogP contribution is -2.63. The molecule has 5 aromatic carbocycles. The van der Waals surface area contributed by atoms with Crippen LogP contribution >= 0.6 is 0 Å². The van der Waals surface area contributed by atoms with Crippen molar-refractivity contribution < 1.29 is 0 Å². The molecule has 3 nitrogen and oxygen atoms in total. The number of benzene rings is 5. The minimum Gasteiger partial charge on any atom is -0.345 e. The largest absolute Gasteiger partial charge is 0.345 e. The van der Waals surface area contributed by atoms with Crippen molar-refractivity contribution in [2.75, 3.05) is 16.8 Å². The zero-order valence-corrected chi connectivity index (χ0v) is 24.2. The van der Waals surface area contributed by atoms with Crippen molar-refractivity contribution in [3.05, 3.63) is 109 Å². The summed E-state index contributed by atoms with van der Waals surface area (Å²) >= 11 is 0. The fraction of sp³-hybridized carbons (Fsp3) is 0.189. The summed E-state index contributed by atoms with van der Waals surface area (Å²) in [5, 5.41) is 2.59. The molecule has 0 fully saturated rings. The first kappa shape index (κ1) is 23.3. The molecule has 9 rings (SSSR count). The Morgan fingerprint density at radius 1 is 0.610 bits per heavy atom. The normalized spacial score (nSPS) is 17.1. The Labute approximate surface area is 241 Å². The predicted octanol–water partition coefficient (Wildman–Crippen LogP) is 6.90. The van der Waals surface area contributed by atoms with E-state index < -0.39 is 0 Å². The van der Waals surface area contributed by atoms with E-state index in [-0.39, 0.29) is 17.7 Å². The highest BCUT2D eigenvalue weighted by molar-refractivity contribution is 7.00. The van der Waals surface area contributed by atoms with Gasteiger partial charge in [0.15, 0.2) is 0 Å². The minimum atomic E-state index is -0.0508. The van der Waals surface area contributed by atoms with Gasteiger partial charge in [-0.25, -0.2) is 0 Å². The summed E-state index contributed by atoms with van der Waals surface area (Å²) in [5.41, 5.74) is 14.7. The minimum absolute atomic E-state index is 0.0175. The third-order valence-electron chi connectivity index (χ3n) is 10.8. The number of para-hydroxylation sites is 3. The number of hydrogen-bond donors (Lipinski definition) is 0. The van der Waals surface area contributed by atoms with Gasteiger partial charge >= 0.3 is 0 Å². The highest BCUT2D eigenvalue weighted by Gasteiger charge is 2.56. The van der Waals surface area contributed by atoms with E-state index in [2.05, 4.69) is 152 Å². The second-order valence-corrected chi connectivity index (χ2v) is 13.1. The SMILES string of the molecule is CN1c2cc(-n3c4ccccc4c4ccccc43)ccc2B2c3cccc4c3N(c3cccc1c32)C(C)(C)C4(C)C. The van der Waals surface area contributed by atoms with E-state index in [1.165, 1.54) is 72.2 Å². The molecule has 0 unspecified atom stereocenters. The van der Waals surface area contributed by atoms with Gasteiger partial charge in [0, 0.05) is 57.2 Å². The van der Waals surface area contributed by atoms with Gasteiger partial charge in [-0.1, -0.05) is 80.6 Å². The lowest BCUT2D eigenvalue weighted by atomic mass is 9.33. The van der Waals surface area contributed by atoms with Crippen LogP contribution in [0.15, 0.2) is 103 Å². The molecule has 41 heavy (non-hydrogen) atoms. The standard InChI is InChI=1S/C37H32BN3/c1-36(2)26-14-10-15-28-35(26)41(37(36,3)4)32-19-11-18-31-34(32)38(28)27-21-20-23(22-33(27)39(31)5)40-29-16-8-6-12-24(29)25-13-7-9-17-30(25)40/h6-22H,1-5H3. The summed E-state index contributed by atoms with van der Waals surface area (Å²) in [5.74, 6) is 0. The quantitative estimate of drug-likeness (QED) is 0.215. The van der Waals surface area contributed by atoms with Crippen molar-refractivity contribution in [3.8, 4) is 5.69 Å². The highest BCUT2D eigenvalue weighted by Crippen LogP contribution is 2.55. The molecule has 0 N–H and O–H groups in total. The third kappa shape index (κ3) is 2.62. The summed E-state index contributed by atoms with van der Waals surface area (Å²) in [6.45, 7) is 9.86. The van der Waals surface area contributed by atoms with E-state index in [4.69, 9.17) is 0 Å². The number of nitrogens with zero attached hydrogens (tertiary/aromatic N) is 3. The summed E-state index contributed by atoms with van der Waals surface area (Å²) in [6.07, 6.45) is 0. The summed E-state index contributed by atoms with van der Waals surface area (Å²) in [4.78, 5) is 5.07. The van der Waals surface area contributed by atoms with Crippen LogP contribution in [0.3, 0.4) is 0 Å². The molecule has 0 bridgehead atoms. The van der Waals surface area contributed by atoms with E-state index >= 15 is 0 Å². The predicted molar refractivity (Wildman–Crippen MR) is 176 cm³/mol. The highest BCUT2D eigenvalue weighted by atomic mass is 15.3. The van der Waals surface area contributed by atoms with Crippen LogP contribution in [-0.4, -0.2) is 23.9 Å². The maximum absolute atomic E-state index is 2.65. The lowest BCUT2D eigenvalue weighted by molar-refractivity contribution is 0.330. The van der Waals surface area contributed by atoms with Crippen LogP contribution in [0, 0.1) is 0 Å². The van der Waals surface area contributed by atoms with E-state index in [1.54, 1.807) is 0 Å². The Kier molecular flexibility index (Phi) is 4.23. The number of fused-ring (bicyclic) bond motifs is 7. The number of aromatic nitrogens is 1. The fourth-order valence-corrected chi connectivity index (χ4v) is 8.20.